The molecule has 0 amide bonds. The van der Waals surface area contributed by atoms with Crippen molar-refractivity contribution in [2.24, 2.45) is 0 Å². The fourth-order valence-electron chi connectivity index (χ4n) is 2.35. The molecule has 0 aliphatic heterocycles. The number of rotatable bonds is 4. The molecule has 0 unspecified atom stereocenters. The van der Waals surface area contributed by atoms with Crippen molar-refractivity contribution in [1.29, 1.82) is 0 Å². The van der Waals surface area contributed by atoms with E-state index in [4.69, 9.17) is 11.6 Å². The summed E-state index contributed by atoms with van der Waals surface area (Å²) in [7, 11) is 1.98. The molecule has 0 saturated heterocycles. The Labute approximate surface area is 113 Å². The van der Waals surface area contributed by atoms with E-state index in [1.165, 1.54) is 42.6 Å². The Kier molecular flexibility index (Phi) is 5.20. The summed E-state index contributed by atoms with van der Waals surface area (Å²) in [6.45, 7) is 0.898. The predicted octanol–water partition coefficient (Wildman–Crippen LogP) is 4.48. The molecule has 0 spiro atoms. The van der Waals surface area contributed by atoms with E-state index in [1.807, 2.05) is 24.9 Å². The molecule has 17 heavy (non-hydrogen) atoms. The highest BCUT2D eigenvalue weighted by molar-refractivity contribution is 8.00. The second-order valence-electron chi connectivity index (χ2n) is 4.66. The van der Waals surface area contributed by atoms with Gasteiger partial charge in [-0.15, -0.1) is 11.8 Å². The molecule has 1 N–H and O–H groups in total. The molecular weight excluding hydrogens is 250 g/mol. The summed E-state index contributed by atoms with van der Waals surface area (Å²) in [4.78, 5) is 1.40. The first-order chi connectivity index (χ1) is 8.29. The lowest BCUT2D eigenvalue weighted by Crippen LogP contribution is -2.10. The molecule has 1 nitrogen and oxygen atoms in total. The van der Waals surface area contributed by atoms with Crippen LogP contribution < -0.4 is 5.32 Å². The fourth-order valence-corrected chi connectivity index (χ4v) is 3.91. The maximum absolute atomic E-state index is 6.06. The number of hydrogen-bond donors (Lipinski definition) is 1. The van der Waals surface area contributed by atoms with Gasteiger partial charge in [0.25, 0.3) is 0 Å². The highest BCUT2D eigenvalue weighted by atomic mass is 35.5. The van der Waals surface area contributed by atoms with Gasteiger partial charge in [-0.1, -0.05) is 30.9 Å². The van der Waals surface area contributed by atoms with Gasteiger partial charge in [-0.05, 0) is 43.7 Å². The maximum atomic E-state index is 6.06. The predicted molar refractivity (Wildman–Crippen MR) is 76.9 cm³/mol. The highest BCUT2D eigenvalue weighted by Gasteiger charge is 2.16. The molecule has 0 heterocycles. The van der Waals surface area contributed by atoms with Crippen LogP contribution in [-0.2, 0) is 6.54 Å². The van der Waals surface area contributed by atoms with Crippen LogP contribution in [0.1, 0.15) is 37.7 Å². The minimum atomic E-state index is 0.806. The van der Waals surface area contributed by atoms with Crippen LogP contribution in [0.3, 0.4) is 0 Å². The molecule has 0 radical (unpaired) electrons. The lowest BCUT2D eigenvalue weighted by atomic mass is 10.0. The SMILES string of the molecule is CNCc1cc(Cl)ccc1SC1CCCCC1. The van der Waals surface area contributed by atoms with Gasteiger partial charge in [-0.3, -0.25) is 0 Å². The highest BCUT2D eigenvalue weighted by Crippen LogP contribution is 2.36. The summed E-state index contributed by atoms with van der Waals surface area (Å²) in [6.07, 6.45) is 6.94. The van der Waals surface area contributed by atoms with Gasteiger partial charge in [-0.25, -0.2) is 0 Å². The van der Waals surface area contributed by atoms with Crippen LogP contribution >= 0.6 is 23.4 Å². The molecular formula is C14H20ClNS. The summed E-state index contributed by atoms with van der Waals surface area (Å²) in [5, 5.41) is 4.86. The molecule has 94 valence electrons. The van der Waals surface area contributed by atoms with E-state index in [0.717, 1.165) is 16.8 Å². The zero-order valence-electron chi connectivity index (χ0n) is 10.3. The molecule has 2 rings (SSSR count). The molecule has 0 aromatic heterocycles. The second kappa shape index (κ2) is 6.67. The van der Waals surface area contributed by atoms with Gasteiger partial charge < -0.3 is 5.32 Å². The van der Waals surface area contributed by atoms with E-state index in [1.54, 1.807) is 0 Å². The van der Waals surface area contributed by atoms with Gasteiger partial charge in [0.1, 0.15) is 0 Å². The van der Waals surface area contributed by atoms with E-state index < -0.39 is 0 Å². The summed E-state index contributed by atoms with van der Waals surface area (Å²) in [5.41, 5.74) is 1.33. The Morgan fingerprint density at radius 3 is 2.76 bits per heavy atom. The summed E-state index contributed by atoms with van der Waals surface area (Å²) >= 11 is 8.10. The van der Waals surface area contributed by atoms with Crippen molar-refractivity contribution in [2.75, 3.05) is 7.05 Å². The summed E-state index contributed by atoms with van der Waals surface area (Å²) < 4.78 is 0. The zero-order valence-corrected chi connectivity index (χ0v) is 11.9. The number of nitrogens with one attached hydrogen (secondary N) is 1. The van der Waals surface area contributed by atoms with Crippen molar-refractivity contribution in [1.82, 2.24) is 5.32 Å². The van der Waals surface area contributed by atoms with Crippen molar-refractivity contribution in [3.05, 3.63) is 28.8 Å². The monoisotopic (exact) mass is 269 g/mol. The van der Waals surface area contributed by atoms with Crippen LogP contribution in [0.2, 0.25) is 5.02 Å². The molecule has 1 aromatic rings. The first kappa shape index (κ1) is 13.3. The fraction of sp³-hybridized carbons (Fsp3) is 0.571. The van der Waals surface area contributed by atoms with E-state index >= 15 is 0 Å². The first-order valence-corrected chi connectivity index (χ1v) is 7.65. The van der Waals surface area contributed by atoms with Crippen molar-refractivity contribution < 1.29 is 0 Å². The van der Waals surface area contributed by atoms with Crippen LogP contribution in [-0.4, -0.2) is 12.3 Å². The largest absolute Gasteiger partial charge is 0.316 e. The lowest BCUT2D eigenvalue weighted by molar-refractivity contribution is 0.516. The molecule has 1 aromatic carbocycles. The smallest absolute Gasteiger partial charge is 0.0410 e. The molecule has 0 atom stereocenters. The Hall–Kier alpha value is -0.180. The third-order valence-electron chi connectivity index (χ3n) is 3.24. The molecule has 1 aliphatic rings. The topological polar surface area (TPSA) is 12.0 Å². The van der Waals surface area contributed by atoms with Crippen LogP contribution in [0, 0.1) is 0 Å². The van der Waals surface area contributed by atoms with Crippen molar-refractivity contribution in [3.63, 3.8) is 0 Å². The van der Waals surface area contributed by atoms with E-state index in [2.05, 4.69) is 17.4 Å². The third kappa shape index (κ3) is 3.90. The third-order valence-corrected chi connectivity index (χ3v) is 4.93. The molecule has 3 heteroatoms. The summed E-state index contributed by atoms with van der Waals surface area (Å²) in [6, 6.07) is 6.27. The van der Waals surface area contributed by atoms with Crippen LogP contribution in [0.25, 0.3) is 0 Å². The lowest BCUT2D eigenvalue weighted by Gasteiger charge is -2.22. The van der Waals surface area contributed by atoms with Crippen LogP contribution in [0.5, 0.6) is 0 Å². The number of hydrogen-bond acceptors (Lipinski definition) is 2. The number of thioether (sulfide) groups is 1. The van der Waals surface area contributed by atoms with Gasteiger partial charge in [-0.2, -0.15) is 0 Å². The average Bonchev–Trinajstić information content (AvgIpc) is 2.34. The molecule has 1 fully saturated rings. The first-order valence-electron chi connectivity index (χ1n) is 6.39. The maximum Gasteiger partial charge on any atom is 0.0410 e. The number of halogens is 1. The minimum Gasteiger partial charge on any atom is -0.316 e. The molecule has 1 aliphatic carbocycles. The Morgan fingerprint density at radius 1 is 1.29 bits per heavy atom. The Balaban J connectivity index is 2.07. The normalized spacial score (nSPS) is 17.3. The second-order valence-corrected chi connectivity index (χ2v) is 6.44. The Morgan fingerprint density at radius 2 is 2.06 bits per heavy atom. The minimum absolute atomic E-state index is 0.806. The Bertz CT molecular complexity index is 361. The van der Waals surface area contributed by atoms with Crippen molar-refractivity contribution in [3.8, 4) is 0 Å². The van der Waals surface area contributed by atoms with Crippen LogP contribution in [0.4, 0.5) is 0 Å². The van der Waals surface area contributed by atoms with Crippen molar-refractivity contribution >= 4 is 23.4 Å². The van der Waals surface area contributed by atoms with E-state index in [0.29, 0.717) is 0 Å². The number of benzene rings is 1. The summed E-state index contributed by atoms with van der Waals surface area (Å²) in [5.74, 6) is 0. The van der Waals surface area contributed by atoms with Crippen LogP contribution in [0.15, 0.2) is 23.1 Å². The average molecular weight is 270 g/mol. The molecule has 1 saturated carbocycles. The zero-order chi connectivity index (χ0) is 12.1. The van der Waals surface area contributed by atoms with Gasteiger partial charge in [0.15, 0.2) is 0 Å². The van der Waals surface area contributed by atoms with Gasteiger partial charge in [0.2, 0.25) is 0 Å². The van der Waals surface area contributed by atoms with Gasteiger partial charge >= 0.3 is 0 Å². The van der Waals surface area contributed by atoms with E-state index in [-0.39, 0.29) is 0 Å². The van der Waals surface area contributed by atoms with Gasteiger partial charge in [0, 0.05) is 21.7 Å². The standard InChI is InChI=1S/C14H20ClNS/c1-16-10-11-9-12(15)7-8-14(11)17-13-5-3-2-4-6-13/h7-9,13,16H,2-6,10H2,1H3. The van der Waals surface area contributed by atoms with Gasteiger partial charge in [0.05, 0.1) is 0 Å². The molecule has 0 bridgehead atoms. The quantitative estimate of drug-likeness (QED) is 0.865. The van der Waals surface area contributed by atoms with Crippen molar-refractivity contribution in [2.45, 2.75) is 48.8 Å². The van der Waals surface area contributed by atoms with E-state index in [9.17, 15) is 0 Å².